The Morgan fingerprint density at radius 1 is 1.07 bits per heavy atom. The van der Waals surface area contributed by atoms with Crippen molar-refractivity contribution < 1.29 is 13.2 Å². The Kier molecular flexibility index (Phi) is 3.98. The van der Waals surface area contributed by atoms with Crippen molar-refractivity contribution >= 4 is 15.9 Å². The molecule has 0 spiro atoms. The van der Waals surface area contributed by atoms with Gasteiger partial charge >= 0.3 is 6.18 Å². The van der Waals surface area contributed by atoms with Gasteiger partial charge in [0.15, 0.2) is 0 Å². The van der Waals surface area contributed by atoms with E-state index in [-0.39, 0.29) is 0 Å². The van der Waals surface area contributed by atoms with Crippen LogP contribution in [0.4, 0.5) is 13.2 Å². The molecule has 14 heavy (non-hydrogen) atoms. The molecule has 0 aromatic heterocycles. The highest BCUT2D eigenvalue weighted by molar-refractivity contribution is 9.09. The van der Waals surface area contributed by atoms with Gasteiger partial charge in [-0.25, -0.2) is 0 Å². The zero-order valence-corrected chi connectivity index (χ0v) is 9.03. The van der Waals surface area contributed by atoms with Gasteiger partial charge in [0, 0.05) is 5.33 Å². The molecule has 0 fully saturated rings. The zero-order valence-electron chi connectivity index (χ0n) is 7.44. The molecule has 0 N–H and O–H groups in total. The molecule has 0 saturated heterocycles. The molecule has 1 aromatic carbocycles. The van der Waals surface area contributed by atoms with Gasteiger partial charge in [-0.2, -0.15) is 13.2 Å². The van der Waals surface area contributed by atoms with Crippen LogP contribution in [0.15, 0.2) is 24.3 Å². The minimum Gasteiger partial charge on any atom is -0.166 e. The smallest absolute Gasteiger partial charge is 0.166 e. The summed E-state index contributed by atoms with van der Waals surface area (Å²) in [6.45, 7) is 0. The molecular weight excluding hydrogens is 257 g/mol. The predicted octanol–water partition coefficient (Wildman–Crippen LogP) is 4.03. The van der Waals surface area contributed by atoms with Crippen LogP contribution in [-0.2, 0) is 12.6 Å². The van der Waals surface area contributed by atoms with Crippen molar-refractivity contribution in [3.63, 3.8) is 0 Å². The van der Waals surface area contributed by atoms with Gasteiger partial charge in [-0.3, -0.25) is 0 Å². The topological polar surface area (TPSA) is 0 Å². The molecule has 1 rings (SSSR count). The van der Waals surface area contributed by atoms with Gasteiger partial charge in [0.05, 0.1) is 5.56 Å². The maximum absolute atomic E-state index is 12.2. The van der Waals surface area contributed by atoms with Crippen molar-refractivity contribution in [2.24, 2.45) is 0 Å². The summed E-state index contributed by atoms with van der Waals surface area (Å²) in [6.07, 6.45) is -2.48. The van der Waals surface area contributed by atoms with Crippen LogP contribution in [0.1, 0.15) is 17.5 Å². The summed E-state index contributed by atoms with van der Waals surface area (Å²) in [5.41, 5.74) is 0.359. The lowest BCUT2D eigenvalue weighted by Gasteiger charge is -2.06. The lowest BCUT2D eigenvalue weighted by atomic mass is 10.1. The molecule has 0 amide bonds. The van der Waals surface area contributed by atoms with Crippen LogP contribution in [-0.4, -0.2) is 5.33 Å². The van der Waals surface area contributed by atoms with Crippen molar-refractivity contribution in [1.29, 1.82) is 0 Å². The van der Waals surface area contributed by atoms with Crippen LogP contribution in [0.5, 0.6) is 0 Å². The molecule has 0 bridgehead atoms. The number of halogens is 4. The minimum absolute atomic E-state index is 0.583. The fourth-order valence-electron chi connectivity index (χ4n) is 1.13. The Morgan fingerprint density at radius 3 is 2.07 bits per heavy atom. The van der Waals surface area contributed by atoms with E-state index in [1.165, 1.54) is 12.1 Å². The van der Waals surface area contributed by atoms with Crippen LogP contribution < -0.4 is 0 Å². The summed E-state index contributed by atoms with van der Waals surface area (Å²) >= 11 is 3.27. The lowest BCUT2D eigenvalue weighted by Crippen LogP contribution is -2.04. The van der Waals surface area contributed by atoms with Crippen LogP contribution in [0.2, 0.25) is 0 Å². The minimum atomic E-state index is -4.23. The molecule has 4 heteroatoms. The van der Waals surface area contributed by atoms with Crippen molar-refractivity contribution in [1.82, 2.24) is 0 Å². The Labute approximate surface area is 89.3 Å². The van der Waals surface area contributed by atoms with E-state index in [0.717, 1.165) is 35.9 Å². The molecule has 0 heterocycles. The third kappa shape index (κ3) is 3.33. The van der Waals surface area contributed by atoms with Gasteiger partial charge < -0.3 is 0 Å². The van der Waals surface area contributed by atoms with Crippen LogP contribution in [0, 0.1) is 0 Å². The number of hydrogen-bond acceptors (Lipinski definition) is 0. The molecule has 0 saturated carbocycles. The second kappa shape index (κ2) is 4.82. The molecule has 0 aliphatic carbocycles. The summed E-state index contributed by atoms with van der Waals surface area (Å²) in [7, 11) is 0. The van der Waals surface area contributed by atoms with Crippen LogP contribution >= 0.6 is 15.9 Å². The van der Waals surface area contributed by atoms with Crippen molar-refractivity contribution in [2.75, 3.05) is 5.33 Å². The maximum atomic E-state index is 12.2. The standard InChI is InChI=1S/C10H10BrF3/c11-7-1-2-8-3-5-9(6-4-8)10(12,13)14/h3-6H,1-2,7H2. The van der Waals surface area contributed by atoms with E-state index in [4.69, 9.17) is 0 Å². The maximum Gasteiger partial charge on any atom is 0.416 e. The predicted molar refractivity (Wildman–Crippen MR) is 53.6 cm³/mol. The van der Waals surface area contributed by atoms with Gasteiger partial charge in [0.1, 0.15) is 0 Å². The summed E-state index contributed by atoms with van der Waals surface area (Å²) in [5.74, 6) is 0. The zero-order chi connectivity index (χ0) is 10.6. The van der Waals surface area contributed by atoms with Crippen molar-refractivity contribution in [3.05, 3.63) is 35.4 Å². The Hall–Kier alpha value is -0.510. The normalized spacial score (nSPS) is 11.7. The van der Waals surface area contributed by atoms with Crippen LogP contribution in [0.3, 0.4) is 0 Å². The Morgan fingerprint density at radius 2 is 1.64 bits per heavy atom. The number of aryl methyl sites for hydroxylation is 1. The van der Waals surface area contributed by atoms with E-state index in [1.807, 2.05) is 0 Å². The second-order valence-electron chi connectivity index (χ2n) is 2.99. The molecule has 0 nitrogen and oxygen atoms in total. The summed E-state index contributed by atoms with van der Waals surface area (Å²) in [6, 6.07) is 5.32. The third-order valence-corrected chi connectivity index (χ3v) is 2.44. The average molecular weight is 267 g/mol. The SMILES string of the molecule is FC(F)(F)c1ccc(CCCBr)cc1. The Balaban J connectivity index is 2.69. The highest BCUT2D eigenvalue weighted by Crippen LogP contribution is 2.29. The first-order chi connectivity index (χ1) is 6.54. The average Bonchev–Trinajstić information content (AvgIpc) is 2.14. The lowest BCUT2D eigenvalue weighted by molar-refractivity contribution is -0.137. The first-order valence-electron chi connectivity index (χ1n) is 4.26. The molecule has 0 aliphatic heterocycles. The largest absolute Gasteiger partial charge is 0.416 e. The first kappa shape index (κ1) is 11.6. The molecule has 0 atom stereocenters. The van der Waals surface area contributed by atoms with E-state index in [1.54, 1.807) is 0 Å². The van der Waals surface area contributed by atoms with Gasteiger partial charge in [0.2, 0.25) is 0 Å². The molecule has 0 radical (unpaired) electrons. The first-order valence-corrected chi connectivity index (χ1v) is 5.38. The number of benzene rings is 1. The molecule has 0 aliphatic rings. The van der Waals surface area contributed by atoms with Crippen molar-refractivity contribution in [2.45, 2.75) is 19.0 Å². The van der Waals surface area contributed by atoms with E-state index < -0.39 is 11.7 Å². The number of hydrogen-bond donors (Lipinski definition) is 0. The third-order valence-electron chi connectivity index (χ3n) is 1.88. The quantitative estimate of drug-likeness (QED) is 0.725. The van der Waals surface area contributed by atoms with E-state index in [2.05, 4.69) is 15.9 Å². The second-order valence-corrected chi connectivity index (χ2v) is 3.78. The van der Waals surface area contributed by atoms with Gasteiger partial charge in [-0.05, 0) is 30.5 Å². The highest BCUT2D eigenvalue weighted by Gasteiger charge is 2.29. The molecular formula is C10H10BrF3. The monoisotopic (exact) mass is 266 g/mol. The number of rotatable bonds is 3. The molecule has 78 valence electrons. The Bertz CT molecular complexity index is 276. The molecule has 0 unspecified atom stereocenters. The fraction of sp³-hybridized carbons (Fsp3) is 0.400. The van der Waals surface area contributed by atoms with Crippen molar-refractivity contribution in [3.8, 4) is 0 Å². The van der Waals surface area contributed by atoms with E-state index in [0.29, 0.717) is 0 Å². The fourth-order valence-corrected chi connectivity index (χ4v) is 1.41. The molecule has 1 aromatic rings. The van der Waals surface area contributed by atoms with E-state index >= 15 is 0 Å². The van der Waals surface area contributed by atoms with Crippen LogP contribution in [0.25, 0.3) is 0 Å². The van der Waals surface area contributed by atoms with Gasteiger partial charge in [-0.15, -0.1) is 0 Å². The summed E-state index contributed by atoms with van der Waals surface area (Å²) in [4.78, 5) is 0. The van der Waals surface area contributed by atoms with Gasteiger partial charge in [0.25, 0.3) is 0 Å². The van der Waals surface area contributed by atoms with Gasteiger partial charge in [-0.1, -0.05) is 28.1 Å². The highest BCUT2D eigenvalue weighted by atomic mass is 79.9. The van der Waals surface area contributed by atoms with E-state index in [9.17, 15) is 13.2 Å². The summed E-state index contributed by atoms with van der Waals surface area (Å²) < 4.78 is 36.5. The summed E-state index contributed by atoms with van der Waals surface area (Å²) in [5, 5.41) is 0.869. The number of alkyl halides is 4.